The molecule has 6 nitrogen and oxygen atoms in total. The molecule has 1 heterocycles. The first-order chi connectivity index (χ1) is 17.1. The second kappa shape index (κ2) is 10.6. The smallest absolute Gasteiger partial charge is 0.404 e. The zero-order chi connectivity index (χ0) is 25.9. The fourth-order valence-corrected chi connectivity index (χ4v) is 4.15. The van der Waals surface area contributed by atoms with Crippen LogP contribution < -0.4 is 20.3 Å². The van der Waals surface area contributed by atoms with E-state index in [9.17, 15) is 22.8 Å². The first kappa shape index (κ1) is 25.5. The van der Waals surface area contributed by atoms with Gasteiger partial charge in [-0.05, 0) is 72.1 Å². The molecule has 1 aliphatic rings. The van der Waals surface area contributed by atoms with Crippen LogP contribution in [0.1, 0.15) is 37.4 Å². The van der Waals surface area contributed by atoms with Gasteiger partial charge < -0.3 is 20.3 Å². The molecule has 10 heteroatoms. The van der Waals surface area contributed by atoms with Crippen LogP contribution in [-0.4, -0.2) is 31.8 Å². The zero-order valence-corrected chi connectivity index (χ0v) is 20.0. The van der Waals surface area contributed by atoms with Gasteiger partial charge in [-0.15, -0.1) is 13.2 Å². The fourth-order valence-electron chi connectivity index (χ4n) is 3.93. The second-order valence-electron chi connectivity index (χ2n) is 8.32. The molecule has 188 valence electrons. The van der Waals surface area contributed by atoms with Crippen molar-refractivity contribution in [3.05, 3.63) is 93.5 Å². The first-order valence-electron chi connectivity index (χ1n) is 11.1. The molecular weight excluding hydrogens is 495 g/mol. The third-order valence-corrected chi connectivity index (χ3v) is 6.11. The zero-order valence-electron chi connectivity index (χ0n) is 19.3. The number of amides is 2. The van der Waals surface area contributed by atoms with Crippen LogP contribution in [0.3, 0.4) is 0 Å². The highest BCUT2D eigenvalue weighted by atomic mass is 35.5. The summed E-state index contributed by atoms with van der Waals surface area (Å²) in [7, 11) is 1.71. The summed E-state index contributed by atoms with van der Waals surface area (Å²) in [6.45, 7) is 1.81. The third-order valence-electron chi connectivity index (χ3n) is 5.82. The highest BCUT2D eigenvalue weighted by molar-refractivity contribution is 6.32. The maximum atomic E-state index is 13.1. The number of hydrogen-bond acceptors (Lipinski definition) is 4. The Kier molecular flexibility index (Phi) is 7.51. The number of halogens is 4. The molecule has 0 saturated carbocycles. The molecule has 0 aromatic heterocycles. The highest BCUT2D eigenvalue weighted by Crippen LogP contribution is 2.30. The van der Waals surface area contributed by atoms with E-state index in [4.69, 9.17) is 11.6 Å². The molecule has 0 spiro atoms. The van der Waals surface area contributed by atoms with E-state index in [1.807, 2.05) is 12.1 Å². The molecule has 4 rings (SSSR count). The number of ether oxygens (including phenoxy) is 1. The molecule has 0 unspecified atom stereocenters. The summed E-state index contributed by atoms with van der Waals surface area (Å²) >= 11 is 5.82. The Hall–Kier alpha value is -3.56. The Bertz CT molecular complexity index is 1300. The number of anilines is 1. The van der Waals surface area contributed by atoms with Gasteiger partial charge in [0.25, 0.3) is 11.8 Å². The number of nitrogens with zero attached hydrogens (tertiary/aromatic N) is 1. The van der Waals surface area contributed by atoms with Gasteiger partial charge >= 0.3 is 6.36 Å². The van der Waals surface area contributed by atoms with Crippen molar-refractivity contribution < 1.29 is 27.5 Å². The Labute approximate surface area is 211 Å². The van der Waals surface area contributed by atoms with Crippen molar-refractivity contribution in [2.45, 2.75) is 25.9 Å². The monoisotopic (exact) mass is 517 g/mol. The van der Waals surface area contributed by atoms with Gasteiger partial charge in [-0.25, -0.2) is 0 Å². The summed E-state index contributed by atoms with van der Waals surface area (Å²) in [5.74, 6) is -1.32. The predicted octanol–water partition coefficient (Wildman–Crippen LogP) is 5.09. The van der Waals surface area contributed by atoms with Crippen LogP contribution in [0.15, 0.2) is 60.7 Å². The average Bonchev–Trinajstić information content (AvgIpc) is 2.86. The van der Waals surface area contributed by atoms with Crippen molar-refractivity contribution in [2.75, 3.05) is 18.5 Å². The summed E-state index contributed by atoms with van der Waals surface area (Å²) in [6, 6.07) is 16.1. The van der Waals surface area contributed by atoms with Gasteiger partial charge in [0.05, 0.1) is 5.02 Å². The lowest BCUT2D eigenvalue weighted by Gasteiger charge is -2.22. The first-order valence-corrected chi connectivity index (χ1v) is 11.5. The van der Waals surface area contributed by atoms with E-state index in [1.165, 1.54) is 17.2 Å². The molecule has 3 aromatic carbocycles. The van der Waals surface area contributed by atoms with E-state index in [2.05, 4.69) is 21.4 Å². The number of nitrogens with one attached hydrogen (secondary N) is 2. The lowest BCUT2D eigenvalue weighted by molar-refractivity contribution is -0.274. The molecule has 2 amide bonds. The van der Waals surface area contributed by atoms with Crippen LogP contribution in [0.5, 0.6) is 5.75 Å². The molecule has 36 heavy (non-hydrogen) atoms. The Morgan fingerprint density at radius 3 is 2.61 bits per heavy atom. The number of rotatable bonds is 6. The average molecular weight is 518 g/mol. The number of fused-ring (bicyclic) bond motifs is 1. The molecule has 0 saturated heterocycles. The largest absolute Gasteiger partial charge is 0.573 e. The van der Waals surface area contributed by atoms with Gasteiger partial charge in [0.15, 0.2) is 0 Å². The number of carbonyl (C=O) groups excluding carboxylic acids is 2. The van der Waals surface area contributed by atoms with Crippen LogP contribution in [0.4, 0.5) is 18.9 Å². The Balaban J connectivity index is 1.41. The van der Waals surface area contributed by atoms with E-state index < -0.39 is 18.0 Å². The van der Waals surface area contributed by atoms with Gasteiger partial charge in [0.2, 0.25) is 0 Å². The molecule has 0 aliphatic carbocycles. The molecule has 0 radical (unpaired) electrons. The standard InChI is InChI=1S/C26H23ClF3N3O3/c1-33(21-7-5-17-9-10-31-15-20(17)12-21)25(35)19-4-2-3-16(11-19)14-32-24(34)18-6-8-23(22(27)13-18)36-26(28,29)30/h2-8,11-13,31H,9-10,14-15H2,1H3,(H,32,34). The quantitative estimate of drug-likeness (QED) is 0.478. The topological polar surface area (TPSA) is 70.7 Å². The highest BCUT2D eigenvalue weighted by Gasteiger charge is 2.32. The minimum atomic E-state index is -4.89. The van der Waals surface area contributed by atoms with Crippen molar-refractivity contribution in [1.82, 2.24) is 10.6 Å². The summed E-state index contributed by atoms with van der Waals surface area (Å²) in [5, 5.41) is 5.67. The van der Waals surface area contributed by atoms with Crippen LogP contribution >= 0.6 is 11.6 Å². The van der Waals surface area contributed by atoms with Crippen LogP contribution in [0.25, 0.3) is 0 Å². The number of hydrogen-bond donors (Lipinski definition) is 2. The van der Waals surface area contributed by atoms with Gasteiger partial charge in [-0.1, -0.05) is 29.8 Å². The SMILES string of the molecule is CN(C(=O)c1cccc(CNC(=O)c2ccc(OC(F)(F)F)c(Cl)c2)c1)c1ccc2c(c1)CNCC2. The van der Waals surface area contributed by atoms with Gasteiger partial charge in [0.1, 0.15) is 5.75 Å². The van der Waals surface area contributed by atoms with E-state index >= 15 is 0 Å². The molecular formula is C26H23ClF3N3O3. The van der Waals surface area contributed by atoms with Gasteiger partial charge in [-0.3, -0.25) is 9.59 Å². The van der Waals surface area contributed by atoms with E-state index in [1.54, 1.807) is 36.2 Å². The van der Waals surface area contributed by atoms with Crippen LogP contribution in [0.2, 0.25) is 5.02 Å². The van der Waals surface area contributed by atoms with E-state index in [-0.39, 0.29) is 23.0 Å². The van der Waals surface area contributed by atoms with E-state index in [0.29, 0.717) is 11.1 Å². The summed E-state index contributed by atoms with van der Waals surface area (Å²) < 4.78 is 41.0. The Morgan fingerprint density at radius 1 is 1.06 bits per heavy atom. The van der Waals surface area contributed by atoms with Crippen molar-refractivity contribution in [3.8, 4) is 5.75 Å². The minimum absolute atomic E-state index is 0.0726. The second-order valence-corrected chi connectivity index (χ2v) is 8.73. The van der Waals surface area contributed by atoms with E-state index in [0.717, 1.165) is 37.3 Å². The molecule has 0 fully saturated rings. The van der Waals surface area contributed by atoms with Crippen LogP contribution in [-0.2, 0) is 19.5 Å². The lowest BCUT2D eigenvalue weighted by Crippen LogP contribution is -2.28. The lowest BCUT2D eigenvalue weighted by atomic mass is 10.00. The van der Waals surface area contributed by atoms with Gasteiger partial charge in [0, 0.05) is 37.0 Å². The van der Waals surface area contributed by atoms with Crippen molar-refractivity contribution in [1.29, 1.82) is 0 Å². The molecule has 2 N–H and O–H groups in total. The number of carbonyl (C=O) groups is 2. The van der Waals surface area contributed by atoms with Crippen molar-refractivity contribution >= 4 is 29.1 Å². The molecule has 0 atom stereocenters. The summed E-state index contributed by atoms with van der Waals surface area (Å²) in [6.07, 6.45) is -3.93. The van der Waals surface area contributed by atoms with Crippen molar-refractivity contribution in [3.63, 3.8) is 0 Å². The third kappa shape index (κ3) is 6.16. The summed E-state index contributed by atoms with van der Waals surface area (Å²) in [4.78, 5) is 27.2. The predicted molar refractivity (Wildman–Crippen MR) is 130 cm³/mol. The normalized spacial score (nSPS) is 13.0. The number of benzene rings is 3. The number of alkyl halides is 3. The van der Waals surface area contributed by atoms with Crippen molar-refractivity contribution in [2.24, 2.45) is 0 Å². The molecule has 0 bridgehead atoms. The maximum Gasteiger partial charge on any atom is 0.573 e. The Morgan fingerprint density at radius 2 is 1.86 bits per heavy atom. The van der Waals surface area contributed by atoms with Gasteiger partial charge in [-0.2, -0.15) is 0 Å². The summed E-state index contributed by atoms with van der Waals surface area (Å²) in [5.41, 5.74) is 4.45. The molecule has 3 aromatic rings. The fraction of sp³-hybridized carbons (Fsp3) is 0.231. The maximum absolute atomic E-state index is 13.1. The molecule has 1 aliphatic heterocycles. The van der Waals surface area contributed by atoms with Crippen LogP contribution in [0, 0.1) is 0 Å². The minimum Gasteiger partial charge on any atom is -0.404 e.